The Morgan fingerprint density at radius 1 is 1.20 bits per heavy atom. The summed E-state index contributed by atoms with van der Waals surface area (Å²) in [5.41, 5.74) is -0.441. The van der Waals surface area contributed by atoms with Gasteiger partial charge in [-0.05, 0) is 39.3 Å². The summed E-state index contributed by atoms with van der Waals surface area (Å²) in [7, 11) is 0. The van der Waals surface area contributed by atoms with Crippen molar-refractivity contribution in [2.24, 2.45) is 0 Å². The smallest absolute Gasteiger partial charge is 0.407 e. The zero-order valence-electron chi connectivity index (χ0n) is 16.9. The fraction of sp³-hybridized carbons (Fsp3) is 0.450. The van der Waals surface area contributed by atoms with Crippen molar-refractivity contribution in [2.75, 3.05) is 13.2 Å². The van der Waals surface area contributed by atoms with Gasteiger partial charge in [0.1, 0.15) is 24.0 Å². The normalized spacial score (nSPS) is 18.8. The number of piperidine rings is 1. The van der Waals surface area contributed by atoms with Crippen LogP contribution in [-0.2, 0) is 14.3 Å². The summed E-state index contributed by atoms with van der Waals surface area (Å²) in [5.74, 6) is -2.20. The van der Waals surface area contributed by atoms with Gasteiger partial charge in [-0.25, -0.2) is 4.79 Å². The highest BCUT2D eigenvalue weighted by Gasteiger charge is 2.45. The number of rotatable bonds is 5. The minimum absolute atomic E-state index is 0.0373. The van der Waals surface area contributed by atoms with E-state index in [0.717, 1.165) is 4.90 Å². The molecule has 10 heteroatoms. The molecule has 0 saturated carbocycles. The number of nitrogens with zero attached hydrogens (tertiary/aromatic N) is 1. The molecule has 5 amide bonds. The van der Waals surface area contributed by atoms with E-state index in [-0.39, 0.29) is 42.9 Å². The average Bonchev–Trinajstić information content (AvgIpc) is 2.89. The molecule has 2 aliphatic rings. The maximum atomic E-state index is 12.9. The van der Waals surface area contributed by atoms with Crippen LogP contribution in [0.15, 0.2) is 18.2 Å². The van der Waals surface area contributed by atoms with Gasteiger partial charge < -0.3 is 14.8 Å². The van der Waals surface area contributed by atoms with Gasteiger partial charge in [0.05, 0.1) is 17.7 Å². The van der Waals surface area contributed by atoms with Crippen LogP contribution < -0.4 is 15.4 Å². The molecule has 2 aliphatic heterocycles. The molecule has 3 rings (SSSR count). The van der Waals surface area contributed by atoms with Gasteiger partial charge in [-0.1, -0.05) is 6.07 Å². The van der Waals surface area contributed by atoms with Crippen molar-refractivity contribution in [2.45, 2.75) is 45.3 Å². The van der Waals surface area contributed by atoms with Crippen LogP contribution in [0.4, 0.5) is 4.79 Å². The number of hydrogen-bond acceptors (Lipinski definition) is 7. The van der Waals surface area contributed by atoms with Crippen molar-refractivity contribution in [1.29, 1.82) is 0 Å². The third-order valence-corrected chi connectivity index (χ3v) is 4.46. The summed E-state index contributed by atoms with van der Waals surface area (Å²) in [6.45, 7) is 5.39. The van der Waals surface area contributed by atoms with Crippen molar-refractivity contribution in [3.8, 4) is 5.75 Å². The van der Waals surface area contributed by atoms with Gasteiger partial charge in [-0.3, -0.25) is 29.4 Å². The Kier molecular flexibility index (Phi) is 5.77. The summed E-state index contributed by atoms with van der Waals surface area (Å²) in [6.07, 6.45) is -0.477. The first-order valence-corrected chi connectivity index (χ1v) is 9.53. The fourth-order valence-corrected chi connectivity index (χ4v) is 3.23. The van der Waals surface area contributed by atoms with E-state index in [1.807, 2.05) is 0 Å². The SMILES string of the molecule is CC(C)(C)OC(=O)NCCOc1cccc2c1C(=O)N(C1CCC(=O)NC1=O)C2=O. The van der Waals surface area contributed by atoms with E-state index in [9.17, 15) is 24.0 Å². The molecule has 0 spiro atoms. The molecule has 1 atom stereocenters. The van der Waals surface area contributed by atoms with Crippen LogP contribution in [0, 0.1) is 0 Å². The zero-order valence-corrected chi connectivity index (χ0v) is 16.9. The molecule has 10 nitrogen and oxygen atoms in total. The first-order valence-electron chi connectivity index (χ1n) is 9.53. The van der Waals surface area contributed by atoms with Crippen LogP contribution >= 0.6 is 0 Å². The van der Waals surface area contributed by atoms with Gasteiger partial charge in [0, 0.05) is 6.42 Å². The van der Waals surface area contributed by atoms with Crippen molar-refractivity contribution >= 4 is 29.7 Å². The highest BCUT2D eigenvalue weighted by atomic mass is 16.6. The second-order valence-corrected chi connectivity index (χ2v) is 7.90. The summed E-state index contributed by atoms with van der Waals surface area (Å²) < 4.78 is 10.7. The molecular weight excluding hydrogens is 394 g/mol. The maximum absolute atomic E-state index is 12.9. The summed E-state index contributed by atoms with van der Waals surface area (Å²) in [6, 6.07) is 3.53. The Labute approximate surface area is 172 Å². The molecule has 30 heavy (non-hydrogen) atoms. The number of imide groups is 2. The van der Waals surface area contributed by atoms with Crippen molar-refractivity contribution in [3.05, 3.63) is 29.3 Å². The number of alkyl carbamates (subject to hydrolysis) is 1. The van der Waals surface area contributed by atoms with Gasteiger partial charge in [0.15, 0.2) is 0 Å². The molecule has 1 fully saturated rings. The number of carbonyl (C=O) groups excluding carboxylic acids is 5. The zero-order chi connectivity index (χ0) is 22.1. The van der Waals surface area contributed by atoms with Gasteiger partial charge in [-0.15, -0.1) is 0 Å². The molecule has 0 radical (unpaired) electrons. The molecule has 1 aromatic rings. The van der Waals surface area contributed by atoms with Crippen LogP contribution in [0.3, 0.4) is 0 Å². The van der Waals surface area contributed by atoms with Crippen molar-refractivity contribution in [3.63, 3.8) is 0 Å². The number of benzene rings is 1. The van der Waals surface area contributed by atoms with Gasteiger partial charge in [-0.2, -0.15) is 0 Å². The molecule has 0 bridgehead atoms. The molecule has 1 unspecified atom stereocenters. The van der Waals surface area contributed by atoms with E-state index >= 15 is 0 Å². The van der Waals surface area contributed by atoms with E-state index in [4.69, 9.17) is 9.47 Å². The molecule has 160 valence electrons. The summed E-state index contributed by atoms with van der Waals surface area (Å²) in [5, 5.41) is 4.68. The van der Waals surface area contributed by atoms with Crippen molar-refractivity contribution in [1.82, 2.24) is 15.5 Å². The third kappa shape index (κ3) is 4.42. The predicted octanol–water partition coefficient (Wildman–Crippen LogP) is 0.991. The lowest BCUT2D eigenvalue weighted by molar-refractivity contribution is -0.136. The number of ether oxygens (including phenoxy) is 2. The lowest BCUT2D eigenvalue weighted by Crippen LogP contribution is -2.54. The Balaban J connectivity index is 1.67. The molecule has 0 aliphatic carbocycles. The molecule has 1 aromatic carbocycles. The van der Waals surface area contributed by atoms with Crippen LogP contribution in [0.5, 0.6) is 5.75 Å². The summed E-state index contributed by atoms with van der Waals surface area (Å²) in [4.78, 5) is 61.7. The largest absolute Gasteiger partial charge is 0.491 e. The highest BCUT2D eigenvalue weighted by molar-refractivity contribution is 6.24. The Bertz CT molecular complexity index is 919. The van der Waals surface area contributed by atoms with Crippen molar-refractivity contribution < 1.29 is 33.4 Å². The lowest BCUT2D eigenvalue weighted by atomic mass is 10.0. The van der Waals surface area contributed by atoms with E-state index in [1.165, 1.54) is 12.1 Å². The second kappa shape index (κ2) is 8.13. The van der Waals surface area contributed by atoms with Gasteiger partial charge in [0.25, 0.3) is 11.8 Å². The maximum Gasteiger partial charge on any atom is 0.407 e. The minimum Gasteiger partial charge on any atom is -0.491 e. The summed E-state index contributed by atoms with van der Waals surface area (Å²) >= 11 is 0. The van der Waals surface area contributed by atoms with Crippen LogP contribution in [0.1, 0.15) is 54.3 Å². The number of carbonyl (C=O) groups is 5. The quantitative estimate of drug-likeness (QED) is 0.539. The molecule has 1 saturated heterocycles. The number of nitrogens with one attached hydrogen (secondary N) is 2. The second-order valence-electron chi connectivity index (χ2n) is 7.90. The molecular formula is C20H23N3O7. The number of amides is 5. The molecule has 2 heterocycles. The Morgan fingerprint density at radius 2 is 1.93 bits per heavy atom. The van der Waals surface area contributed by atoms with Crippen LogP contribution in [0.25, 0.3) is 0 Å². The first-order chi connectivity index (χ1) is 14.1. The highest BCUT2D eigenvalue weighted by Crippen LogP contribution is 2.33. The standard InChI is InChI=1S/C20H23N3O7/c1-20(2,3)30-19(28)21-9-10-29-13-6-4-5-11-15(13)18(27)23(17(11)26)12-7-8-14(24)22-16(12)25/h4-6,12H,7-10H2,1-3H3,(H,21,28)(H,22,24,25). The van der Waals surface area contributed by atoms with Gasteiger partial charge in [0.2, 0.25) is 11.8 Å². The van der Waals surface area contributed by atoms with E-state index in [0.29, 0.717) is 0 Å². The van der Waals surface area contributed by atoms with Gasteiger partial charge >= 0.3 is 6.09 Å². The molecule has 0 aromatic heterocycles. The Hall–Kier alpha value is -3.43. The first kappa shape index (κ1) is 21.3. The fourth-order valence-electron chi connectivity index (χ4n) is 3.23. The van der Waals surface area contributed by atoms with E-state index in [1.54, 1.807) is 26.8 Å². The number of fused-ring (bicyclic) bond motifs is 1. The molecule has 2 N–H and O–H groups in total. The average molecular weight is 417 g/mol. The topological polar surface area (TPSA) is 131 Å². The predicted molar refractivity (Wildman–Crippen MR) is 103 cm³/mol. The lowest BCUT2D eigenvalue weighted by Gasteiger charge is -2.27. The van der Waals surface area contributed by atoms with E-state index < -0.39 is 41.4 Å². The van der Waals surface area contributed by atoms with Crippen LogP contribution in [-0.4, -0.2) is 59.4 Å². The van der Waals surface area contributed by atoms with E-state index in [2.05, 4.69) is 10.6 Å². The third-order valence-electron chi connectivity index (χ3n) is 4.46. The minimum atomic E-state index is -1.04. The monoisotopic (exact) mass is 417 g/mol. The Morgan fingerprint density at radius 3 is 2.60 bits per heavy atom. The van der Waals surface area contributed by atoms with Crippen LogP contribution in [0.2, 0.25) is 0 Å². The number of hydrogen-bond donors (Lipinski definition) is 2.